The Labute approximate surface area is 186 Å². The van der Waals surface area contributed by atoms with Crippen molar-refractivity contribution < 1.29 is 19.4 Å². The van der Waals surface area contributed by atoms with Gasteiger partial charge in [-0.1, -0.05) is 43.5 Å². The van der Waals surface area contributed by atoms with Gasteiger partial charge in [0.15, 0.2) is 11.3 Å². The molecule has 4 N–H and O–H groups in total. The van der Waals surface area contributed by atoms with Gasteiger partial charge in [-0.2, -0.15) is 0 Å². The van der Waals surface area contributed by atoms with Crippen molar-refractivity contribution in [2.75, 3.05) is 0 Å². The van der Waals surface area contributed by atoms with E-state index in [0.717, 1.165) is 24.0 Å². The van der Waals surface area contributed by atoms with Crippen LogP contribution in [0.2, 0.25) is 0 Å². The molecule has 0 saturated carbocycles. The number of Topliss-reactive ketones (excluding diaryl/α,β-unsaturated/α-hetero) is 1. The highest BCUT2D eigenvalue weighted by atomic mass is 16.4. The first-order valence-corrected chi connectivity index (χ1v) is 10.6. The minimum atomic E-state index is -0.728. The molecule has 0 radical (unpaired) electrons. The Balaban J connectivity index is 1.79. The molecule has 0 amide bonds. The molecule has 1 aromatic heterocycles. The first-order chi connectivity index (χ1) is 15.3. The summed E-state index contributed by atoms with van der Waals surface area (Å²) in [6.45, 7) is 4.26. The van der Waals surface area contributed by atoms with Crippen LogP contribution >= 0.6 is 0 Å². The fraction of sp³-hybridized carbons (Fsp3) is 0.308. The number of aromatic hydroxyl groups is 2. The van der Waals surface area contributed by atoms with Crippen LogP contribution in [0.15, 0.2) is 45.6 Å². The van der Waals surface area contributed by atoms with Crippen molar-refractivity contribution in [1.82, 2.24) is 0 Å². The summed E-state index contributed by atoms with van der Waals surface area (Å²) in [7, 11) is 0. The van der Waals surface area contributed by atoms with E-state index < -0.39 is 11.4 Å². The van der Waals surface area contributed by atoms with E-state index in [9.17, 15) is 19.8 Å². The molecule has 166 valence electrons. The Morgan fingerprint density at radius 2 is 2.00 bits per heavy atom. The molecule has 0 aliphatic carbocycles. The van der Waals surface area contributed by atoms with Gasteiger partial charge in [0.2, 0.25) is 11.5 Å². The predicted octanol–water partition coefficient (Wildman–Crippen LogP) is 4.06. The molecule has 0 saturated heterocycles. The quantitative estimate of drug-likeness (QED) is 0.224. The van der Waals surface area contributed by atoms with E-state index in [2.05, 4.69) is 30.9 Å². The zero-order chi connectivity index (χ0) is 23.3. The van der Waals surface area contributed by atoms with Gasteiger partial charge in [0, 0.05) is 23.9 Å². The minimum Gasteiger partial charge on any atom is -0.504 e. The molecule has 0 aliphatic heterocycles. The van der Waals surface area contributed by atoms with Crippen molar-refractivity contribution >= 4 is 16.8 Å². The summed E-state index contributed by atoms with van der Waals surface area (Å²) in [6, 6.07) is 11.0. The number of rotatable bonds is 7. The van der Waals surface area contributed by atoms with Crippen LogP contribution in [0.5, 0.6) is 11.5 Å². The normalized spacial score (nSPS) is 11.7. The van der Waals surface area contributed by atoms with Gasteiger partial charge < -0.3 is 20.4 Å². The second-order valence-corrected chi connectivity index (χ2v) is 7.84. The minimum absolute atomic E-state index is 0.100. The molecule has 0 aliphatic rings. The maximum atomic E-state index is 12.5. The van der Waals surface area contributed by atoms with Crippen molar-refractivity contribution in [2.45, 2.75) is 52.0 Å². The number of benzene rings is 2. The molecule has 3 rings (SSSR count). The molecule has 6 nitrogen and oxygen atoms in total. The lowest BCUT2D eigenvalue weighted by Crippen LogP contribution is -2.14. The Morgan fingerprint density at radius 3 is 2.72 bits per heavy atom. The van der Waals surface area contributed by atoms with E-state index in [-0.39, 0.29) is 35.0 Å². The average molecular weight is 434 g/mol. The second-order valence-electron chi connectivity index (χ2n) is 7.84. The molecule has 1 atom stereocenters. The zero-order valence-electron chi connectivity index (χ0n) is 18.3. The lowest BCUT2D eigenvalue weighted by molar-refractivity contribution is -0.113. The van der Waals surface area contributed by atoms with Crippen molar-refractivity contribution in [3.8, 4) is 23.3 Å². The van der Waals surface area contributed by atoms with E-state index in [1.165, 1.54) is 12.1 Å². The van der Waals surface area contributed by atoms with E-state index >= 15 is 0 Å². The summed E-state index contributed by atoms with van der Waals surface area (Å²) >= 11 is 0. The molecule has 0 fully saturated rings. The summed E-state index contributed by atoms with van der Waals surface area (Å²) < 4.78 is 5.16. The number of carbonyl (C=O) groups excluding carboxylic acids is 1. The molecule has 1 heterocycles. The van der Waals surface area contributed by atoms with Crippen molar-refractivity contribution in [3.63, 3.8) is 0 Å². The third kappa shape index (κ3) is 5.01. The number of phenols is 2. The highest BCUT2D eigenvalue weighted by Gasteiger charge is 2.17. The Hall–Kier alpha value is -3.56. The number of hydrogen-bond acceptors (Lipinski definition) is 6. The van der Waals surface area contributed by atoms with Crippen LogP contribution in [-0.2, 0) is 17.8 Å². The van der Waals surface area contributed by atoms with Crippen molar-refractivity contribution in [3.05, 3.63) is 69.1 Å². The van der Waals surface area contributed by atoms with Crippen molar-refractivity contribution in [1.29, 1.82) is 0 Å². The molecule has 0 spiro atoms. The van der Waals surface area contributed by atoms with Gasteiger partial charge in [0.25, 0.3) is 0 Å². The van der Waals surface area contributed by atoms with E-state index in [4.69, 9.17) is 10.2 Å². The van der Waals surface area contributed by atoms with Crippen LogP contribution in [-0.4, -0.2) is 16.0 Å². The number of ketones is 1. The monoisotopic (exact) mass is 433 g/mol. The summed E-state index contributed by atoms with van der Waals surface area (Å²) in [4.78, 5) is 24.9. The molecule has 0 bridgehead atoms. The van der Waals surface area contributed by atoms with Gasteiger partial charge in [0.05, 0.1) is 6.42 Å². The first kappa shape index (κ1) is 23.1. The highest BCUT2D eigenvalue weighted by Crippen LogP contribution is 2.34. The molecular formula is C26H27NO5. The molecule has 2 aromatic carbocycles. The third-order valence-corrected chi connectivity index (χ3v) is 5.62. The highest BCUT2D eigenvalue weighted by molar-refractivity contribution is 5.98. The fourth-order valence-electron chi connectivity index (χ4n) is 3.82. The summed E-state index contributed by atoms with van der Waals surface area (Å²) in [5, 5.41) is 20.0. The van der Waals surface area contributed by atoms with Gasteiger partial charge in [-0.15, -0.1) is 0 Å². The number of phenolic OH excluding ortho intramolecular Hbond substituents is 2. The van der Waals surface area contributed by atoms with E-state index in [1.54, 1.807) is 6.92 Å². The predicted molar refractivity (Wildman–Crippen MR) is 124 cm³/mol. The van der Waals surface area contributed by atoms with E-state index in [1.807, 2.05) is 12.1 Å². The van der Waals surface area contributed by atoms with Gasteiger partial charge in [-0.3, -0.25) is 4.79 Å². The first-order valence-electron chi connectivity index (χ1n) is 10.6. The zero-order valence-corrected chi connectivity index (χ0v) is 18.3. The van der Waals surface area contributed by atoms with Gasteiger partial charge >= 0.3 is 5.63 Å². The second kappa shape index (κ2) is 10.2. The van der Waals surface area contributed by atoms with Crippen molar-refractivity contribution in [2.24, 2.45) is 5.73 Å². The fourth-order valence-corrected chi connectivity index (χ4v) is 3.82. The van der Waals surface area contributed by atoms with Gasteiger partial charge in [-0.25, -0.2) is 4.79 Å². The van der Waals surface area contributed by atoms with Gasteiger partial charge in [0.1, 0.15) is 0 Å². The summed E-state index contributed by atoms with van der Waals surface area (Å²) in [5.74, 6) is 4.58. The number of nitrogens with two attached hydrogens (primary N) is 1. The number of hydrogen-bond donors (Lipinski definition) is 3. The largest absolute Gasteiger partial charge is 0.504 e. The summed E-state index contributed by atoms with van der Waals surface area (Å²) in [6.07, 6.45) is 2.29. The molecular weight excluding hydrogens is 406 g/mol. The Morgan fingerprint density at radius 1 is 1.22 bits per heavy atom. The Bertz CT molecular complexity index is 1260. The van der Waals surface area contributed by atoms with Crippen LogP contribution in [0.3, 0.4) is 0 Å². The molecule has 6 heteroatoms. The maximum Gasteiger partial charge on any atom is 0.340 e. The molecule has 32 heavy (non-hydrogen) atoms. The van der Waals surface area contributed by atoms with E-state index in [0.29, 0.717) is 23.9 Å². The maximum absolute atomic E-state index is 12.5. The lowest BCUT2D eigenvalue weighted by Gasteiger charge is -2.14. The van der Waals surface area contributed by atoms with Gasteiger partial charge in [-0.05, 0) is 54.0 Å². The molecule has 1 unspecified atom stereocenters. The topological polar surface area (TPSA) is 114 Å². The number of aryl methyl sites for hydroxylation is 1. The average Bonchev–Trinajstić information content (AvgIpc) is 2.79. The number of carbonyl (C=O) groups is 1. The number of fused-ring (bicyclic) bond motifs is 1. The van der Waals surface area contributed by atoms with Crippen LogP contribution < -0.4 is 11.4 Å². The molecule has 3 aromatic rings. The standard InChI is InChI=1S/C26H27NO5/c1-3-6-18(19-9-4-7-17(13-19)15-27)8-5-10-20(28)14-22-16(2)21-11-12-23(29)24(30)25(21)32-26(22)31/h4,7,9,11-13,18,29-30H,3,6,8,14-15,27H2,1-2H3. The van der Waals surface area contributed by atoms with Crippen LogP contribution in [0.25, 0.3) is 11.0 Å². The third-order valence-electron chi connectivity index (χ3n) is 5.62. The van der Waals surface area contributed by atoms with Crippen LogP contribution in [0, 0.1) is 18.8 Å². The Kier molecular flexibility index (Phi) is 7.34. The van der Waals surface area contributed by atoms with Crippen LogP contribution in [0.4, 0.5) is 0 Å². The SMILES string of the molecule is CCCC(CC#CC(=O)Cc1c(C)c2ccc(O)c(O)c2oc1=O)c1cccc(CN)c1. The summed E-state index contributed by atoms with van der Waals surface area (Å²) in [5.41, 5.74) is 7.85. The lowest BCUT2D eigenvalue weighted by atomic mass is 9.90. The smallest absolute Gasteiger partial charge is 0.340 e. The van der Waals surface area contributed by atoms with Crippen LogP contribution in [0.1, 0.15) is 54.4 Å².